The second-order valence-electron chi connectivity index (χ2n) is 9.77. The molecule has 4 heteroatoms. The third-order valence-electron chi connectivity index (χ3n) is 6.23. The highest BCUT2D eigenvalue weighted by molar-refractivity contribution is 7.59. The highest BCUT2D eigenvalue weighted by atomic mass is 31.1. The van der Waals surface area contributed by atoms with Crippen LogP contribution in [0.15, 0.2) is 36.4 Å². The Bertz CT molecular complexity index is 751. The topological polar surface area (TPSA) is 30.7 Å². The second kappa shape index (κ2) is 9.39. The van der Waals surface area contributed by atoms with Crippen LogP contribution in [0.2, 0.25) is 0 Å². The van der Waals surface area contributed by atoms with E-state index in [-0.39, 0.29) is 0 Å². The average Bonchev–Trinajstić information content (AvgIpc) is 3.07. The van der Waals surface area contributed by atoms with Crippen LogP contribution < -0.4 is 15.3 Å². The van der Waals surface area contributed by atoms with E-state index in [0.29, 0.717) is 28.6 Å². The maximum absolute atomic E-state index is 14.0. The molecule has 0 aromatic heterocycles. The molecule has 1 heterocycles. The molecule has 1 saturated heterocycles. The summed E-state index contributed by atoms with van der Waals surface area (Å²) in [5.74, 6) is 1.65. The zero-order chi connectivity index (χ0) is 22.2. The van der Waals surface area contributed by atoms with Gasteiger partial charge in [-0.1, -0.05) is 91.8 Å². The highest BCUT2D eigenvalue weighted by Crippen LogP contribution is 2.41. The van der Waals surface area contributed by atoms with Crippen LogP contribution in [-0.4, -0.2) is 12.7 Å². The molecule has 1 N–H and O–H groups in total. The van der Waals surface area contributed by atoms with Crippen LogP contribution in [0.25, 0.3) is 0 Å². The van der Waals surface area contributed by atoms with Gasteiger partial charge in [0.05, 0.1) is 12.2 Å². The van der Waals surface area contributed by atoms with Crippen molar-refractivity contribution >= 4 is 19.1 Å². The molecule has 164 valence electrons. The number of anilines is 1. The largest absolute Gasteiger partial charge is 0.606 e. The zero-order valence-electron chi connectivity index (χ0n) is 20.0. The lowest BCUT2D eigenvalue weighted by molar-refractivity contribution is -0.712. The first-order valence-electron chi connectivity index (χ1n) is 11.5. The normalized spacial score (nSPS) is 19.7. The summed E-state index contributed by atoms with van der Waals surface area (Å²) >= 11 is 0. The molecular formula is C26H39N2OP. The molecule has 2 aromatic rings. The summed E-state index contributed by atoms with van der Waals surface area (Å²) in [5.41, 5.74) is 6.51. The Balaban J connectivity index is 2.11. The molecule has 0 amide bonds. The van der Waals surface area contributed by atoms with Gasteiger partial charge in [-0.2, -0.15) is 0 Å². The maximum atomic E-state index is 14.0. The summed E-state index contributed by atoms with van der Waals surface area (Å²) in [7, 11) is -0.847. The van der Waals surface area contributed by atoms with E-state index >= 15 is 0 Å². The van der Waals surface area contributed by atoms with Gasteiger partial charge in [0.2, 0.25) is 0 Å². The Labute approximate surface area is 184 Å². The van der Waals surface area contributed by atoms with Gasteiger partial charge in [-0.3, -0.25) is 4.94 Å². The first kappa shape index (κ1) is 23.3. The fraction of sp³-hybridized carbons (Fsp3) is 0.538. The van der Waals surface area contributed by atoms with Crippen molar-refractivity contribution in [1.82, 2.24) is 0 Å². The fourth-order valence-corrected chi connectivity index (χ4v) is 7.39. The standard InChI is InChI=1S/C26H39N2OP/c1-17(2)21-11-9-12-22(18(3)4)25(21)27-15-16-30(28(27)29)26-23(19(5)6)13-10-14-24(26)20(7)8/h9-14,17-20,28H,15-16H2,1-8H3. The van der Waals surface area contributed by atoms with Crippen molar-refractivity contribution in [2.75, 3.05) is 17.7 Å². The van der Waals surface area contributed by atoms with Crippen LogP contribution in [0.5, 0.6) is 0 Å². The highest BCUT2D eigenvalue weighted by Gasteiger charge is 2.39. The molecule has 1 aliphatic heterocycles. The van der Waals surface area contributed by atoms with Gasteiger partial charge < -0.3 is 5.21 Å². The maximum Gasteiger partial charge on any atom is 0.162 e. The van der Waals surface area contributed by atoms with Gasteiger partial charge in [0, 0.05) is 11.5 Å². The zero-order valence-corrected chi connectivity index (χ0v) is 20.9. The Morgan fingerprint density at radius 1 is 0.733 bits per heavy atom. The van der Waals surface area contributed by atoms with Crippen molar-refractivity contribution in [3.63, 3.8) is 0 Å². The van der Waals surface area contributed by atoms with Crippen molar-refractivity contribution in [2.24, 2.45) is 0 Å². The van der Waals surface area contributed by atoms with Crippen molar-refractivity contribution in [2.45, 2.75) is 79.1 Å². The smallest absolute Gasteiger partial charge is 0.162 e. The molecule has 1 fully saturated rings. The minimum Gasteiger partial charge on any atom is -0.606 e. The first-order chi connectivity index (χ1) is 14.1. The van der Waals surface area contributed by atoms with E-state index in [2.05, 4.69) is 96.8 Å². The van der Waals surface area contributed by atoms with Crippen molar-refractivity contribution < 1.29 is 4.94 Å². The van der Waals surface area contributed by atoms with Crippen LogP contribution in [0, 0.1) is 5.21 Å². The molecule has 2 atom stereocenters. The molecule has 2 aromatic carbocycles. The molecule has 0 bridgehead atoms. The fourth-order valence-electron chi connectivity index (χ4n) is 4.60. The predicted octanol–water partition coefficient (Wildman–Crippen LogP) is 6.02. The van der Waals surface area contributed by atoms with Crippen molar-refractivity contribution in [3.05, 3.63) is 63.9 Å². The Kier molecular flexibility index (Phi) is 7.28. The third kappa shape index (κ3) is 4.31. The third-order valence-corrected chi connectivity index (χ3v) is 8.64. The Hall–Kier alpha value is -1.41. The summed E-state index contributed by atoms with van der Waals surface area (Å²) in [6.45, 7) is 18.8. The quantitative estimate of drug-likeness (QED) is 0.452. The molecule has 3 nitrogen and oxygen atoms in total. The van der Waals surface area contributed by atoms with Crippen LogP contribution in [0.3, 0.4) is 0 Å². The number of quaternary nitrogens is 1. The summed E-state index contributed by atoms with van der Waals surface area (Å²) in [4.78, 5) is 0.343. The Morgan fingerprint density at radius 2 is 1.13 bits per heavy atom. The van der Waals surface area contributed by atoms with Crippen LogP contribution >= 0.6 is 8.07 Å². The average molecular weight is 427 g/mol. The monoisotopic (exact) mass is 426 g/mol. The van der Waals surface area contributed by atoms with E-state index < -0.39 is 8.07 Å². The second-order valence-corrected chi connectivity index (χ2v) is 11.9. The lowest BCUT2D eigenvalue weighted by Gasteiger charge is -2.36. The summed E-state index contributed by atoms with van der Waals surface area (Å²) in [5, 5.41) is 17.5. The minimum atomic E-state index is -0.847. The van der Waals surface area contributed by atoms with E-state index in [9.17, 15) is 5.21 Å². The number of nitrogens with zero attached hydrogens (tertiary/aromatic N) is 1. The van der Waals surface area contributed by atoms with Gasteiger partial charge >= 0.3 is 0 Å². The molecular weight excluding hydrogens is 387 g/mol. The summed E-state index contributed by atoms with van der Waals surface area (Å²) in [6, 6.07) is 13.2. The van der Waals surface area contributed by atoms with Gasteiger partial charge in [-0.25, -0.2) is 5.01 Å². The summed E-state index contributed by atoms with van der Waals surface area (Å²) in [6.07, 6.45) is 0.960. The van der Waals surface area contributed by atoms with E-state index in [0.717, 1.165) is 12.7 Å². The van der Waals surface area contributed by atoms with Gasteiger partial charge in [-0.05, 0) is 45.9 Å². The molecule has 3 rings (SSSR count). The lowest BCUT2D eigenvalue weighted by atomic mass is 9.92. The number of para-hydroxylation sites is 1. The number of hydrogen-bond acceptors (Lipinski definition) is 2. The van der Waals surface area contributed by atoms with Gasteiger partial charge in [0.1, 0.15) is 0 Å². The molecule has 0 radical (unpaired) electrons. The molecule has 0 saturated carbocycles. The van der Waals surface area contributed by atoms with Crippen LogP contribution in [0.1, 0.15) is 101 Å². The van der Waals surface area contributed by atoms with Gasteiger partial charge in [0.15, 0.2) is 8.07 Å². The van der Waals surface area contributed by atoms with Crippen molar-refractivity contribution in [3.8, 4) is 0 Å². The van der Waals surface area contributed by atoms with E-state index in [1.807, 2.05) is 0 Å². The van der Waals surface area contributed by atoms with Crippen molar-refractivity contribution in [1.29, 1.82) is 0 Å². The first-order valence-corrected chi connectivity index (χ1v) is 13.0. The minimum absolute atomic E-state index is 0.343. The lowest BCUT2D eigenvalue weighted by Crippen LogP contribution is -3.08. The van der Waals surface area contributed by atoms with Crippen LogP contribution in [-0.2, 0) is 0 Å². The van der Waals surface area contributed by atoms with Crippen LogP contribution in [0.4, 0.5) is 5.69 Å². The number of hydrogen-bond donors (Lipinski definition) is 1. The van der Waals surface area contributed by atoms with Gasteiger partial charge in [0.25, 0.3) is 0 Å². The van der Waals surface area contributed by atoms with Gasteiger partial charge in [-0.15, -0.1) is 0 Å². The number of benzene rings is 2. The number of nitrogens with one attached hydrogen (secondary N) is 1. The van der Waals surface area contributed by atoms with E-state index in [1.54, 1.807) is 0 Å². The molecule has 0 spiro atoms. The summed E-state index contributed by atoms with van der Waals surface area (Å²) < 4.78 is 0. The van der Waals surface area contributed by atoms with E-state index in [1.165, 1.54) is 33.2 Å². The molecule has 0 aliphatic carbocycles. The molecule has 30 heavy (non-hydrogen) atoms. The molecule has 2 unspecified atom stereocenters. The SMILES string of the molecule is CC(C)c1cccc(C(C)C)c1N1CCP(c2c(C(C)C)cccc2C(C)C)[NH+]1[O-]. The number of rotatable bonds is 6. The molecule has 1 aliphatic rings. The predicted molar refractivity (Wildman–Crippen MR) is 132 cm³/mol. The Morgan fingerprint density at radius 3 is 1.53 bits per heavy atom. The van der Waals surface area contributed by atoms with E-state index in [4.69, 9.17) is 0 Å².